The van der Waals surface area contributed by atoms with Crippen molar-refractivity contribution in [3.8, 4) is 0 Å². The van der Waals surface area contributed by atoms with Crippen LogP contribution in [-0.4, -0.2) is 84.5 Å². The van der Waals surface area contributed by atoms with Crippen LogP contribution < -0.4 is 0 Å². The maximum Gasteiger partial charge on any atom is 0.311 e. The minimum atomic E-state index is -0.940. The molecule has 0 saturated carbocycles. The summed E-state index contributed by atoms with van der Waals surface area (Å²) in [6.07, 6.45) is -0.974. The Balaban J connectivity index is 4.59. The summed E-state index contributed by atoms with van der Waals surface area (Å²) in [7, 11) is 1.52. The molecule has 0 saturated heterocycles. The first-order chi connectivity index (χ1) is 13.0. The predicted molar refractivity (Wildman–Crippen MR) is 107 cm³/mol. The van der Waals surface area contributed by atoms with Crippen molar-refractivity contribution in [2.45, 2.75) is 52.7 Å². The molecule has 0 aromatic rings. The van der Waals surface area contributed by atoms with E-state index in [-0.39, 0.29) is 43.7 Å². The summed E-state index contributed by atoms with van der Waals surface area (Å²) in [4.78, 5) is 24.9. The number of thioether (sulfide) groups is 1. The van der Waals surface area contributed by atoms with E-state index in [1.165, 1.54) is 18.9 Å². The summed E-state index contributed by atoms with van der Waals surface area (Å²) in [5.74, 6) is -0.334. The first kappa shape index (κ1) is 27.1. The first-order valence-electron chi connectivity index (χ1n) is 9.40. The fraction of sp³-hybridized carbons (Fsp3) is 0.895. The second-order valence-electron chi connectivity index (χ2n) is 7.73. The average molecular weight is 425 g/mol. The van der Waals surface area contributed by atoms with Crippen LogP contribution in [0.1, 0.15) is 40.5 Å². The van der Waals surface area contributed by atoms with Crippen LogP contribution in [0.5, 0.6) is 0 Å². The normalized spacial score (nSPS) is 16.1. The molecule has 0 aliphatic carbocycles. The van der Waals surface area contributed by atoms with Gasteiger partial charge < -0.3 is 29.5 Å². The molecule has 0 heterocycles. The lowest BCUT2D eigenvalue weighted by molar-refractivity contribution is -0.165. The molecule has 0 bridgehead atoms. The lowest BCUT2D eigenvalue weighted by Crippen LogP contribution is -2.39. The number of aliphatic hydroxyl groups excluding tert-OH is 3. The number of hydrogen-bond donors (Lipinski definition) is 3. The molecule has 166 valence electrons. The smallest absolute Gasteiger partial charge is 0.311 e. The number of rotatable bonds is 15. The van der Waals surface area contributed by atoms with E-state index in [0.717, 1.165) is 0 Å². The van der Waals surface area contributed by atoms with Gasteiger partial charge in [-0.25, -0.2) is 0 Å². The van der Waals surface area contributed by atoms with Gasteiger partial charge in [0.05, 0.1) is 36.3 Å². The fourth-order valence-corrected chi connectivity index (χ4v) is 3.47. The predicted octanol–water partition coefficient (Wildman–Crippen LogP) is 0.999. The van der Waals surface area contributed by atoms with Gasteiger partial charge in [-0.1, -0.05) is 6.92 Å². The van der Waals surface area contributed by atoms with E-state index >= 15 is 0 Å². The highest BCUT2D eigenvalue weighted by atomic mass is 32.2. The monoisotopic (exact) mass is 424 g/mol. The average Bonchev–Trinajstić information content (AvgIpc) is 2.65. The van der Waals surface area contributed by atoms with E-state index < -0.39 is 29.0 Å². The van der Waals surface area contributed by atoms with E-state index in [9.17, 15) is 19.8 Å². The summed E-state index contributed by atoms with van der Waals surface area (Å²) < 4.78 is 15.3. The van der Waals surface area contributed by atoms with Crippen LogP contribution in [0.4, 0.5) is 0 Å². The van der Waals surface area contributed by atoms with E-state index in [4.69, 9.17) is 19.3 Å². The van der Waals surface area contributed by atoms with Gasteiger partial charge in [0.25, 0.3) is 0 Å². The number of aliphatic hydroxyl groups is 3. The zero-order chi connectivity index (χ0) is 21.8. The van der Waals surface area contributed by atoms with Crippen molar-refractivity contribution in [3.63, 3.8) is 0 Å². The Labute approximate surface area is 171 Å². The zero-order valence-corrected chi connectivity index (χ0v) is 18.4. The Bertz CT molecular complexity index is 471. The van der Waals surface area contributed by atoms with Crippen molar-refractivity contribution in [3.05, 3.63) is 0 Å². The summed E-state index contributed by atoms with van der Waals surface area (Å²) in [6, 6.07) is 0. The third-order valence-electron chi connectivity index (χ3n) is 4.42. The second-order valence-corrected chi connectivity index (χ2v) is 8.80. The van der Waals surface area contributed by atoms with Crippen molar-refractivity contribution < 1.29 is 39.1 Å². The molecular formula is C19H36O8S. The largest absolute Gasteiger partial charge is 0.463 e. The van der Waals surface area contributed by atoms with Crippen molar-refractivity contribution in [1.82, 2.24) is 0 Å². The number of carbonyl (C=O) groups is 2. The lowest BCUT2D eigenvalue weighted by Gasteiger charge is -2.33. The third-order valence-corrected chi connectivity index (χ3v) is 5.66. The van der Waals surface area contributed by atoms with Crippen molar-refractivity contribution in [1.29, 1.82) is 0 Å². The lowest BCUT2D eigenvalue weighted by atomic mass is 9.72. The van der Waals surface area contributed by atoms with Crippen LogP contribution in [0.15, 0.2) is 0 Å². The Morgan fingerprint density at radius 2 is 1.61 bits per heavy atom. The van der Waals surface area contributed by atoms with E-state index in [0.29, 0.717) is 13.0 Å². The number of methoxy groups -OCH3 is 1. The van der Waals surface area contributed by atoms with Gasteiger partial charge in [0.2, 0.25) is 0 Å². The molecule has 0 aliphatic rings. The maximum atomic E-state index is 12.5. The molecular weight excluding hydrogens is 388 g/mol. The van der Waals surface area contributed by atoms with E-state index in [1.54, 1.807) is 20.8 Å². The highest BCUT2D eigenvalue weighted by Crippen LogP contribution is 2.38. The maximum absolute atomic E-state index is 12.5. The molecule has 3 N–H and O–H groups in total. The molecule has 0 aromatic carbocycles. The molecule has 0 aromatic heterocycles. The third kappa shape index (κ3) is 10.1. The van der Waals surface area contributed by atoms with Crippen LogP contribution in [0, 0.1) is 10.8 Å². The molecule has 0 fully saturated rings. The van der Waals surface area contributed by atoms with Crippen LogP contribution in [-0.2, 0) is 23.8 Å². The zero-order valence-electron chi connectivity index (χ0n) is 17.6. The van der Waals surface area contributed by atoms with Crippen LogP contribution in [0.25, 0.3) is 0 Å². The summed E-state index contributed by atoms with van der Waals surface area (Å²) in [6.45, 7) is 6.97. The van der Waals surface area contributed by atoms with Gasteiger partial charge in [0.15, 0.2) is 0 Å². The van der Waals surface area contributed by atoms with Gasteiger partial charge in [-0.15, -0.1) is 0 Å². The summed E-state index contributed by atoms with van der Waals surface area (Å²) in [5.41, 5.74) is -1.78. The Kier molecular flexibility index (Phi) is 13.0. The summed E-state index contributed by atoms with van der Waals surface area (Å²) in [5, 5.41) is 27.9. The minimum Gasteiger partial charge on any atom is -0.463 e. The molecule has 8 nitrogen and oxygen atoms in total. The SMILES string of the molecule is CCC(C)(CC(C)(C)C(=O)OCC(O)CSCC(O)CO)C(=O)OCCOC. The van der Waals surface area contributed by atoms with E-state index in [2.05, 4.69) is 0 Å². The molecule has 9 heteroatoms. The standard InChI is InChI=1S/C19H36O8S/c1-6-19(4,17(24)26-8-7-25-5)13-18(2,3)16(23)27-10-15(22)12-28-11-14(21)9-20/h14-15,20-22H,6-13H2,1-5H3. The van der Waals surface area contributed by atoms with Crippen LogP contribution >= 0.6 is 11.8 Å². The van der Waals surface area contributed by atoms with Gasteiger partial charge in [-0.3, -0.25) is 9.59 Å². The topological polar surface area (TPSA) is 123 Å². The second kappa shape index (κ2) is 13.4. The Hall–Kier alpha value is -0.870. The highest BCUT2D eigenvalue weighted by molar-refractivity contribution is 7.99. The molecule has 3 atom stereocenters. The van der Waals surface area contributed by atoms with Crippen molar-refractivity contribution >= 4 is 23.7 Å². The molecule has 28 heavy (non-hydrogen) atoms. The van der Waals surface area contributed by atoms with Crippen molar-refractivity contribution in [2.75, 3.05) is 45.0 Å². The van der Waals surface area contributed by atoms with Gasteiger partial charge in [-0.05, 0) is 33.6 Å². The Morgan fingerprint density at radius 1 is 1.00 bits per heavy atom. The van der Waals surface area contributed by atoms with Gasteiger partial charge in [0, 0.05) is 18.6 Å². The Morgan fingerprint density at radius 3 is 2.14 bits per heavy atom. The first-order valence-corrected chi connectivity index (χ1v) is 10.6. The van der Waals surface area contributed by atoms with Crippen LogP contribution in [0.3, 0.4) is 0 Å². The minimum absolute atomic E-state index is 0.157. The quantitative estimate of drug-likeness (QED) is 0.261. The van der Waals surface area contributed by atoms with Gasteiger partial charge in [0.1, 0.15) is 13.2 Å². The van der Waals surface area contributed by atoms with Crippen LogP contribution in [0.2, 0.25) is 0 Å². The van der Waals surface area contributed by atoms with E-state index in [1.807, 2.05) is 6.92 Å². The molecule has 0 amide bonds. The van der Waals surface area contributed by atoms with Gasteiger partial charge in [-0.2, -0.15) is 11.8 Å². The number of esters is 2. The number of carbonyl (C=O) groups excluding carboxylic acids is 2. The molecule has 0 radical (unpaired) electrons. The molecule has 0 aliphatic heterocycles. The molecule has 0 rings (SSSR count). The fourth-order valence-electron chi connectivity index (χ4n) is 2.59. The molecule has 3 unspecified atom stereocenters. The molecule has 0 spiro atoms. The van der Waals surface area contributed by atoms with Crippen molar-refractivity contribution in [2.24, 2.45) is 10.8 Å². The van der Waals surface area contributed by atoms with Gasteiger partial charge >= 0.3 is 11.9 Å². The number of hydrogen-bond acceptors (Lipinski definition) is 9. The number of ether oxygens (including phenoxy) is 3. The summed E-state index contributed by atoms with van der Waals surface area (Å²) >= 11 is 1.26. The highest BCUT2D eigenvalue weighted by Gasteiger charge is 2.43.